The lowest BCUT2D eigenvalue weighted by molar-refractivity contribution is 0.0942. The van der Waals surface area contributed by atoms with E-state index in [1.165, 1.54) is 16.8 Å². The van der Waals surface area contributed by atoms with E-state index in [4.69, 9.17) is 0 Å². The molecule has 134 valence electrons. The number of aromatic amines is 1. The molecule has 2 aromatic heterocycles. The number of fused-ring (bicyclic) bond motifs is 1. The van der Waals surface area contributed by atoms with Gasteiger partial charge in [0.1, 0.15) is 11.5 Å². The summed E-state index contributed by atoms with van der Waals surface area (Å²) in [5.74, 6) is 0.291. The van der Waals surface area contributed by atoms with Crippen molar-refractivity contribution < 1.29 is 4.79 Å². The average Bonchev–Trinajstić information content (AvgIpc) is 3.11. The summed E-state index contributed by atoms with van der Waals surface area (Å²) in [4.78, 5) is 32.0. The number of benzene rings is 2. The Morgan fingerprint density at radius 3 is 2.59 bits per heavy atom. The van der Waals surface area contributed by atoms with Gasteiger partial charge >= 0.3 is 0 Å². The number of rotatable bonds is 5. The van der Waals surface area contributed by atoms with Gasteiger partial charge in [0.2, 0.25) is 0 Å². The smallest absolute Gasteiger partial charge is 0.272 e. The van der Waals surface area contributed by atoms with Crippen LogP contribution in [0.2, 0.25) is 0 Å². The molecule has 2 N–H and O–H groups in total. The molecule has 2 heterocycles. The van der Waals surface area contributed by atoms with E-state index in [0.717, 1.165) is 16.6 Å². The summed E-state index contributed by atoms with van der Waals surface area (Å²) >= 11 is 0. The molecule has 0 atom stereocenters. The first-order valence-corrected chi connectivity index (χ1v) is 8.53. The zero-order valence-electron chi connectivity index (χ0n) is 14.4. The maximum Gasteiger partial charge on any atom is 0.272 e. The highest BCUT2D eigenvalue weighted by molar-refractivity contribution is 5.91. The highest BCUT2D eigenvalue weighted by Gasteiger charge is 2.11. The maximum atomic E-state index is 12.4. The lowest BCUT2D eigenvalue weighted by Gasteiger charge is -2.07. The summed E-state index contributed by atoms with van der Waals surface area (Å²) in [6.07, 6.45) is 0. The van der Waals surface area contributed by atoms with E-state index in [-0.39, 0.29) is 23.7 Å². The molecule has 7 heteroatoms. The first kappa shape index (κ1) is 16.7. The summed E-state index contributed by atoms with van der Waals surface area (Å²) in [5.41, 5.74) is 2.62. The number of amides is 1. The Hall–Kier alpha value is -3.74. The van der Waals surface area contributed by atoms with Gasteiger partial charge in [-0.05, 0) is 23.8 Å². The number of carbonyl (C=O) groups is 1. The summed E-state index contributed by atoms with van der Waals surface area (Å²) < 4.78 is 1.28. The quantitative estimate of drug-likeness (QED) is 0.571. The number of hydrogen-bond donors (Lipinski definition) is 2. The molecule has 0 aliphatic carbocycles. The molecule has 0 aliphatic rings. The van der Waals surface area contributed by atoms with Crippen LogP contribution in [-0.2, 0) is 13.1 Å². The highest BCUT2D eigenvalue weighted by atomic mass is 16.2. The Bertz CT molecular complexity index is 1110. The molecule has 4 aromatic rings. The summed E-state index contributed by atoms with van der Waals surface area (Å²) in [6.45, 7) is 0.553. The number of carbonyl (C=O) groups excluding carboxylic acids is 1. The number of H-pyrrole nitrogens is 1. The van der Waals surface area contributed by atoms with Gasteiger partial charge < -0.3 is 10.3 Å². The van der Waals surface area contributed by atoms with Crippen molar-refractivity contribution in [2.45, 2.75) is 13.1 Å². The SMILES string of the molecule is O=C(NCc1nc2ccccc2[nH]1)c1ccc(=O)n(Cc2ccccc2)n1. The molecule has 0 radical (unpaired) electrons. The van der Waals surface area contributed by atoms with E-state index in [1.54, 1.807) is 0 Å². The van der Waals surface area contributed by atoms with Crippen LogP contribution in [0.5, 0.6) is 0 Å². The van der Waals surface area contributed by atoms with Gasteiger partial charge in [0, 0.05) is 6.07 Å². The largest absolute Gasteiger partial charge is 0.343 e. The molecule has 2 aromatic carbocycles. The minimum Gasteiger partial charge on any atom is -0.343 e. The predicted octanol–water partition coefficient (Wildman–Crippen LogP) is 2.10. The van der Waals surface area contributed by atoms with Crippen LogP contribution in [0.15, 0.2) is 71.5 Å². The van der Waals surface area contributed by atoms with Crippen molar-refractivity contribution in [2.75, 3.05) is 0 Å². The van der Waals surface area contributed by atoms with Gasteiger partial charge in [-0.25, -0.2) is 9.67 Å². The Morgan fingerprint density at radius 1 is 1.00 bits per heavy atom. The molecule has 0 fully saturated rings. The van der Waals surface area contributed by atoms with Gasteiger partial charge in [0.05, 0.1) is 24.1 Å². The summed E-state index contributed by atoms with van der Waals surface area (Å²) in [5, 5.41) is 6.96. The lowest BCUT2D eigenvalue weighted by Crippen LogP contribution is -2.29. The van der Waals surface area contributed by atoms with Gasteiger partial charge in [-0.15, -0.1) is 0 Å². The molecular formula is C20H17N5O2. The van der Waals surface area contributed by atoms with Crippen molar-refractivity contribution in [2.24, 2.45) is 0 Å². The van der Waals surface area contributed by atoms with Crippen molar-refractivity contribution in [3.8, 4) is 0 Å². The number of nitrogens with zero attached hydrogens (tertiary/aromatic N) is 3. The first-order valence-electron chi connectivity index (χ1n) is 8.53. The van der Waals surface area contributed by atoms with Crippen molar-refractivity contribution in [3.05, 3.63) is 94.2 Å². The minimum absolute atomic E-state index is 0.182. The Labute approximate surface area is 154 Å². The molecule has 0 aliphatic heterocycles. The second-order valence-electron chi connectivity index (χ2n) is 6.08. The predicted molar refractivity (Wildman–Crippen MR) is 101 cm³/mol. The van der Waals surface area contributed by atoms with Crippen molar-refractivity contribution in [3.63, 3.8) is 0 Å². The number of nitrogens with one attached hydrogen (secondary N) is 2. The molecule has 1 amide bonds. The fraction of sp³-hybridized carbons (Fsp3) is 0.100. The number of aromatic nitrogens is 4. The van der Waals surface area contributed by atoms with E-state index >= 15 is 0 Å². The monoisotopic (exact) mass is 359 g/mol. The molecule has 0 spiro atoms. The fourth-order valence-electron chi connectivity index (χ4n) is 2.78. The van der Waals surface area contributed by atoms with Crippen molar-refractivity contribution in [1.82, 2.24) is 25.1 Å². The molecule has 0 saturated carbocycles. The second kappa shape index (κ2) is 7.25. The van der Waals surface area contributed by atoms with Crippen LogP contribution in [0.1, 0.15) is 21.9 Å². The van der Waals surface area contributed by atoms with E-state index in [2.05, 4.69) is 20.4 Å². The van der Waals surface area contributed by atoms with Crippen molar-refractivity contribution in [1.29, 1.82) is 0 Å². The molecule has 0 unspecified atom stereocenters. The third-order valence-corrected chi connectivity index (χ3v) is 4.13. The van der Waals surface area contributed by atoms with Gasteiger partial charge in [-0.3, -0.25) is 9.59 Å². The standard InChI is InChI=1S/C20H17N5O2/c26-19-11-10-17(24-25(19)13-14-6-2-1-3-7-14)20(27)21-12-18-22-15-8-4-5-9-16(15)23-18/h1-11H,12-13H2,(H,21,27)(H,22,23). The van der Waals surface area contributed by atoms with Gasteiger partial charge in [-0.2, -0.15) is 5.10 Å². The van der Waals surface area contributed by atoms with Crippen LogP contribution < -0.4 is 10.9 Å². The number of hydrogen-bond acceptors (Lipinski definition) is 4. The van der Waals surface area contributed by atoms with Gasteiger partial charge in [0.25, 0.3) is 11.5 Å². The Kier molecular flexibility index (Phi) is 4.49. The molecule has 7 nitrogen and oxygen atoms in total. The third kappa shape index (κ3) is 3.77. The lowest BCUT2D eigenvalue weighted by atomic mass is 10.2. The Morgan fingerprint density at radius 2 is 1.78 bits per heavy atom. The van der Waals surface area contributed by atoms with Gasteiger partial charge in [0.15, 0.2) is 0 Å². The van der Waals surface area contributed by atoms with E-state index in [9.17, 15) is 9.59 Å². The molecule has 0 saturated heterocycles. The normalized spacial score (nSPS) is 10.8. The fourth-order valence-corrected chi connectivity index (χ4v) is 2.78. The Balaban J connectivity index is 1.48. The highest BCUT2D eigenvalue weighted by Crippen LogP contribution is 2.10. The number of imidazole rings is 1. The molecular weight excluding hydrogens is 342 g/mol. The zero-order valence-corrected chi connectivity index (χ0v) is 14.4. The number of para-hydroxylation sites is 2. The van der Waals surface area contributed by atoms with E-state index in [0.29, 0.717) is 12.4 Å². The van der Waals surface area contributed by atoms with E-state index in [1.807, 2.05) is 54.6 Å². The molecule has 0 bridgehead atoms. The first-order chi connectivity index (χ1) is 13.2. The van der Waals surface area contributed by atoms with E-state index < -0.39 is 0 Å². The van der Waals surface area contributed by atoms with Crippen LogP contribution in [0, 0.1) is 0 Å². The van der Waals surface area contributed by atoms with Gasteiger partial charge in [-0.1, -0.05) is 42.5 Å². The van der Waals surface area contributed by atoms with Crippen LogP contribution in [-0.4, -0.2) is 25.7 Å². The minimum atomic E-state index is -0.364. The summed E-state index contributed by atoms with van der Waals surface area (Å²) in [7, 11) is 0. The van der Waals surface area contributed by atoms with Crippen LogP contribution in [0.3, 0.4) is 0 Å². The second-order valence-corrected chi connectivity index (χ2v) is 6.08. The molecule has 4 rings (SSSR count). The third-order valence-electron chi connectivity index (χ3n) is 4.13. The molecule has 27 heavy (non-hydrogen) atoms. The average molecular weight is 359 g/mol. The summed E-state index contributed by atoms with van der Waals surface area (Å²) in [6, 6.07) is 19.9. The van der Waals surface area contributed by atoms with Crippen molar-refractivity contribution >= 4 is 16.9 Å². The maximum absolute atomic E-state index is 12.4. The van der Waals surface area contributed by atoms with Crippen LogP contribution in [0.25, 0.3) is 11.0 Å². The van der Waals surface area contributed by atoms with Crippen LogP contribution in [0.4, 0.5) is 0 Å². The van der Waals surface area contributed by atoms with Crippen LogP contribution >= 0.6 is 0 Å². The zero-order chi connectivity index (χ0) is 18.6. The topological polar surface area (TPSA) is 92.7 Å².